The number of non-ortho nitro benzene ring substituents is 1. The van der Waals surface area contributed by atoms with Crippen molar-refractivity contribution >= 4 is 33.2 Å². The zero-order valence-corrected chi connectivity index (χ0v) is 16.1. The van der Waals surface area contributed by atoms with E-state index in [1.807, 2.05) is 0 Å². The first-order valence-electron chi connectivity index (χ1n) is 8.65. The first-order chi connectivity index (χ1) is 12.9. The van der Waals surface area contributed by atoms with Crippen molar-refractivity contribution in [2.24, 2.45) is 5.92 Å². The van der Waals surface area contributed by atoms with Gasteiger partial charge in [0.15, 0.2) is 0 Å². The topological polar surface area (TPSA) is 75.5 Å². The molecule has 1 fully saturated rings. The fraction of sp³-hybridized carbons (Fsp3) is 0.316. The summed E-state index contributed by atoms with van der Waals surface area (Å²) in [4.78, 5) is 24.9. The van der Waals surface area contributed by atoms with E-state index in [2.05, 4.69) is 26.1 Å². The molecule has 0 bridgehead atoms. The van der Waals surface area contributed by atoms with Gasteiger partial charge in [-0.3, -0.25) is 14.9 Å². The summed E-state index contributed by atoms with van der Waals surface area (Å²) in [6.07, 6.45) is 1.41. The van der Waals surface area contributed by atoms with Gasteiger partial charge in [0.05, 0.1) is 10.6 Å². The Bertz CT molecular complexity index is 837. The third-order valence-electron chi connectivity index (χ3n) is 4.73. The lowest BCUT2D eigenvalue weighted by Crippen LogP contribution is -2.40. The van der Waals surface area contributed by atoms with Gasteiger partial charge in [0.2, 0.25) is 5.91 Å². The molecule has 3 rings (SSSR count). The van der Waals surface area contributed by atoms with Crippen LogP contribution in [-0.2, 0) is 11.3 Å². The Morgan fingerprint density at radius 2 is 1.89 bits per heavy atom. The summed E-state index contributed by atoms with van der Waals surface area (Å²) >= 11 is 3.40. The number of nitro groups is 1. The Morgan fingerprint density at radius 1 is 1.22 bits per heavy atom. The van der Waals surface area contributed by atoms with E-state index in [9.17, 15) is 19.3 Å². The predicted octanol–water partition coefficient (Wildman–Crippen LogP) is 4.03. The number of nitrogens with zero attached hydrogens (tertiary/aromatic N) is 2. The number of carbonyl (C=O) groups excluding carboxylic acids is 1. The van der Waals surface area contributed by atoms with E-state index < -0.39 is 4.92 Å². The molecule has 1 aliphatic heterocycles. The highest BCUT2D eigenvalue weighted by molar-refractivity contribution is 9.10. The third-order valence-corrected chi connectivity index (χ3v) is 5.36. The summed E-state index contributed by atoms with van der Waals surface area (Å²) < 4.78 is 13.6. The fourth-order valence-electron chi connectivity index (χ4n) is 3.18. The van der Waals surface area contributed by atoms with Crippen LogP contribution in [0.1, 0.15) is 18.4 Å². The van der Waals surface area contributed by atoms with Gasteiger partial charge < -0.3 is 10.2 Å². The number of hydrogen-bond acceptors (Lipinski definition) is 4. The van der Waals surface area contributed by atoms with Crippen LogP contribution in [-0.4, -0.2) is 23.9 Å². The van der Waals surface area contributed by atoms with Gasteiger partial charge in [0.25, 0.3) is 5.69 Å². The molecule has 2 aromatic carbocycles. The third kappa shape index (κ3) is 4.82. The van der Waals surface area contributed by atoms with Crippen LogP contribution in [0.25, 0.3) is 0 Å². The molecule has 0 atom stereocenters. The Kier molecular flexibility index (Phi) is 6.05. The molecule has 1 aliphatic rings. The Labute approximate surface area is 164 Å². The van der Waals surface area contributed by atoms with Crippen LogP contribution in [0.5, 0.6) is 0 Å². The zero-order valence-electron chi connectivity index (χ0n) is 14.5. The highest BCUT2D eigenvalue weighted by Crippen LogP contribution is 2.32. The standard InChI is InChI=1S/C19H19BrFN3O3/c20-17-11-16(24(26)27)5-6-18(17)23-9-7-14(8-10-23)19(25)22-12-13-1-3-15(21)4-2-13/h1-6,11,14H,7-10,12H2,(H,22,25). The minimum atomic E-state index is -0.424. The number of halogens is 2. The van der Waals surface area contributed by atoms with E-state index in [0.29, 0.717) is 36.9 Å². The second-order valence-corrected chi connectivity index (χ2v) is 7.35. The second kappa shape index (κ2) is 8.47. The average molecular weight is 436 g/mol. The highest BCUT2D eigenvalue weighted by atomic mass is 79.9. The zero-order chi connectivity index (χ0) is 19.4. The molecule has 2 aromatic rings. The molecule has 8 heteroatoms. The van der Waals surface area contributed by atoms with Gasteiger partial charge in [-0.05, 0) is 52.5 Å². The van der Waals surface area contributed by atoms with E-state index in [4.69, 9.17) is 0 Å². The van der Waals surface area contributed by atoms with Crippen molar-refractivity contribution in [2.75, 3.05) is 18.0 Å². The molecule has 0 aliphatic carbocycles. The SMILES string of the molecule is O=C(NCc1ccc(F)cc1)C1CCN(c2ccc([N+](=O)[O-])cc2Br)CC1. The number of benzene rings is 2. The number of amides is 1. The molecule has 1 saturated heterocycles. The van der Waals surface area contributed by atoms with Gasteiger partial charge in [-0.1, -0.05) is 12.1 Å². The van der Waals surface area contributed by atoms with Crippen LogP contribution in [0, 0.1) is 21.8 Å². The molecule has 1 N–H and O–H groups in total. The molecule has 1 heterocycles. The lowest BCUT2D eigenvalue weighted by atomic mass is 9.95. The van der Waals surface area contributed by atoms with E-state index in [1.165, 1.54) is 24.3 Å². The highest BCUT2D eigenvalue weighted by Gasteiger charge is 2.26. The van der Waals surface area contributed by atoms with E-state index in [0.717, 1.165) is 11.3 Å². The first kappa shape index (κ1) is 19.3. The first-order valence-corrected chi connectivity index (χ1v) is 9.44. The lowest BCUT2D eigenvalue weighted by Gasteiger charge is -2.33. The molecular formula is C19H19BrFN3O3. The van der Waals surface area contributed by atoms with Gasteiger partial charge in [-0.25, -0.2) is 4.39 Å². The molecule has 0 radical (unpaired) electrons. The Hall–Kier alpha value is -2.48. The quantitative estimate of drug-likeness (QED) is 0.568. The summed E-state index contributed by atoms with van der Waals surface area (Å²) in [7, 11) is 0. The number of piperidine rings is 1. The molecule has 27 heavy (non-hydrogen) atoms. The largest absolute Gasteiger partial charge is 0.371 e. The van der Waals surface area contributed by atoms with Gasteiger partial charge in [0, 0.05) is 42.2 Å². The molecular weight excluding hydrogens is 417 g/mol. The summed E-state index contributed by atoms with van der Waals surface area (Å²) in [5.74, 6) is -0.366. The number of anilines is 1. The van der Waals surface area contributed by atoms with Crippen molar-refractivity contribution in [1.82, 2.24) is 5.32 Å². The minimum absolute atomic E-state index is 0.00161. The summed E-state index contributed by atoms with van der Waals surface area (Å²) in [5, 5.41) is 13.8. The van der Waals surface area contributed by atoms with Gasteiger partial charge >= 0.3 is 0 Å². The predicted molar refractivity (Wildman–Crippen MR) is 104 cm³/mol. The van der Waals surface area contributed by atoms with Crippen molar-refractivity contribution in [1.29, 1.82) is 0 Å². The number of rotatable bonds is 5. The van der Waals surface area contributed by atoms with Crippen molar-refractivity contribution in [3.63, 3.8) is 0 Å². The van der Waals surface area contributed by atoms with Crippen LogP contribution in [0.2, 0.25) is 0 Å². The van der Waals surface area contributed by atoms with Crippen LogP contribution in [0.4, 0.5) is 15.8 Å². The smallest absolute Gasteiger partial charge is 0.270 e. The summed E-state index contributed by atoms with van der Waals surface area (Å²) in [6.45, 7) is 1.78. The number of nitro benzene ring substituents is 1. The normalized spacial score (nSPS) is 14.8. The van der Waals surface area contributed by atoms with Gasteiger partial charge in [0.1, 0.15) is 5.82 Å². The monoisotopic (exact) mass is 435 g/mol. The van der Waals surface area contributed by atoms with Crippen molar-refractivity contribution in [2.45, 2.75) is 19.4 Å². The fourth-order valence-corrected chi connectivity index (χ4v) is 3.80. The molecule has 6 nitrogen and oxygen atoms in total. The molecule has 0 saturated carbocycles. The van der Waals surface area contributed by atoms with Crippen molar-refractivity contribution in [3.8, 4) is 0 Å². The maximum absolute atomic E-state index is 12.9. The summed E-state index contributed by atoms with van der Waals surface area (Å²) in [6, 6.07) is 10.8. The van der Waals surface area contributed by atoms with E-state index >= 15 is 0 Å². The summed E-state index contributed by atoms with van der Waals surface area (Å²) in [5.41, 5.74) is 1.79. The maximum Gasteiger partial charge on any atom is 0.270 e. The Morgan fingerprint density at radius 3 is 2.48 bits per heavy atom. The number of carbonyl (C=O) groups is 1. The number of hydrogen-bond donors (Lipinski definition) is 1. The van der Waals surface area contributed by atoms with Crippen LogP contribution < -0.4 is 10.2 Å². The molecule has 0 spiro atoms. The molecule has 142 valence electrons. The van der Waals surface area contributed by atoms with Crippen molar-refractivity contribution in [3.05, 3.63) is 68.4 Å². The molecule has 0 aromatic heterocycles. The molecule has 1 amide bonds. The van der Waals surface area contributed by atoms with E-state index in [1.54, 1.807) is 18.2 Å². The van der Waals surface area contributed by atoms with Crippen LogP contribution >= 0.6 is 15.9 Å². The number of nitrogens with one attached hydrogen (secondary N) is 1. The van der Waals surface area contributed by atoms with Gasteiger partial charge in [-0.15, -0.1) is 0 Å². The lowest BCUT2D eigenvalue weighted by molar-refractivity contribution is -0.384. The van der Waals surface area contributed by atoms with E-state index in [-0.39, 0.29) is 23.3 Å². The minimum Gasteiger partial charge on any atom is -0.371 e. The average Bonchev–Trinajstić information content (AvgIpc) is 2.67. The molecule has 0 unspecified atom stereocenters. The maximum atomic E-state index is 12.9. The second-order valence-electron chi connectivity index (χ2n) is 6.50. The van der Waals surface area contributed by atoms with Crippen LogP contribution in [0.15, 0.2) is 46.9 Å². The van der Waals surface area contributed by atoms with Crippen molar-refractivity contribution < 1.29 is 14.1 Å². The Balaban J connectivity index is 1.53. The van der Waals surface area contributed by atoms with Crippen LogP contribution in [0.3, 0.4) is 0 Å². The van der Waals surface area contributed by atoms with Gasteiger partial charge in [-0.2, -0.15) is 0 Å².